The Morgan fingerprint density at radius 3 is 2.72 bits per heavy atom. The molecular weight excluding hydrogens is 321 g/mol. The summed E-state index contributed by atoms with van der Waals surface area (Å²) >= 11 is 9.31. The van der Waals surface area contributed by atoms with Crippen molar-refractivity contribution in [3.8, 4) is 5.75 Å². The van der Waals surface area contributed by atoms with E-state index in [1.807, 2.05) is 6.92 Å². The van der Waals surface area contributed by atoms with Crippen LogP contribution in [0.4, 0.5) is 5.69 Å². The van der Waals surface area contributed by atoms with Crippen LogP contribution in [0.1, 0.15) is 20.3 Å². The zero-order valence-corrected chi connectivity index (χ0v) is 12.5. The van der Waals surface area contributed by atoms with Crippen molar-refractivity contribution in [3.05, 3.63) is 21.6 Å². The number of aliphatic carboxylic acids is 1. The molecule has 4 nitrogen and oxygen atoms in total. The summed E-state index contributed by atoms with van der Waals surface area (Å²) in [7, 11) is 0. The van der Waals surface area contributed by atoms with Gasteiger partial charge in [-0.1, -0.05) is 18.5 Å². The second-order valence-electron chi connectivity index (χ2n) is 3.64. The zero-order valence-electron chi connectivity index (χ0n) is 10.2. The van der Waals surface area contributed by atoms with E-state index in [1.54, 1.807) is 19.1 Å². The van der Waals surface area contributed by atoms with Gasteiger partial charge in [-0.05, 0) is 41.4 Å². The van der Waals surface area contributed by atoms with E-state index >= 15 is 0 Å². The third-order valence-corrected chi connectivity index (χ3v) is 3.14. The Balaban J connectivity index is 3.09. The monoisotopic (exact) mass is 335 g/mol. The number of nitrogens with one attached hydrogen (secondary N) is 1. The fourth-order valence-electron chi connectivity index (χ4n) is 1.48. The lowest BCUT2D eigenvalue weighted by Gasteiger charge is -2.18. The first kappa shape index (κ1) is 15.1. The van der Waals surface area contributed by atoms with Gasteiger partial charge in [0.15, 0.2) is 5.75 Å². The first-order valence-corrected chi connectivity index (χ1v) is 6.77. The van der Waals surface area contributed by atoms with E-state index < -0.39 is 12.0 Å². The quantitative estimate of drug-likeness (QED) is 0.830. The van der Waals surface area contributed by atoms with Crippen molar-refractivity contribution in [2.45, 2.75) is 26.3 Å². The Bertz CT molecular complexity index is 440. The summed E-state index contributed by atoms with van der Waals surface area (Å²) in [6.07, 6.45) is 0.463. The van der Waals surface area contributed by atoms with Gasteiger partial charge < -0.3 is 15.2 Å². The van der Waals surface area contributed by atoms with Crippen LogP contribution >= 0.6 is 27.5 Å². The van der Waals surface area contributed by atoms with Crippen molar-refractivity contribution in [1.29, 1.82) is 0 Å². The summed E-state index contributed by atoms with van der Waals surface area (Å²) in [4.78, 5) is 11.0. The molecule has 6 heteroatoms. The lowest BCUT2D eigenvalue weighted by Crippen LogP contribution is -2.28. The molecule has 0 amide bonds. The van der Waals surface area contributed by atoms with E-state index in [0.717, 1.165) is 0 Å². The summed E-state index contributed by atoms with van der Waals surface area (Å²) in [6, 6.07) is 2.69. The molecule has 0 aliphatic carbocycles. The van der Waals surface area contributed by atoms with Crippen LogP contribution in [0.5, 0.6) is 5.75 Å². The molecule has 0 aliphatic rings. The Morgan fingerprint density at radius 2 is 2.22 bits per heavy atom. The van der Waals surface area contributed by atoms with Crippen molar-refractivity contribution in [2.75, 3.05) is 11.9 Å². The highest BCUT2D eigenvalue weighted by molar-refractivity contribution is 9.10. The Labute approximate surface area is 119 Å². The van der Waals surface area contributed by atoms with E-state index in [1.165, 1.54) is 0 Å². The van der Waals surface area contributed by atoms with Crippen molar-refractivity contribution < 1.29 is 14.6 Å². The van der Waals surface area contributed by atoms with Crippen LogP contribution in [-0.2, 0) is 4.79 Å². The molecule has 0 saturated carbocycles. The topological polar surface area (TPSA) is 58.6 Å². The molecule has 18 heavy (non-hydrogen) atoms. The highest BCUT2D eigenvalue weighted by Gasteiger charge is 2.18. The largest absolute Gasteiger partial charge is 0.491 e. The molecule has 0 aliphatic heterocycles. The highest BCUT2D eigenvalue weighted by Crippen LogP contribution is 2.37. The van der Waals surface area contributed by atoms with Gasteiger partial charge in [0.25, 0.3) is 0 Å². The fraction of sp³-hybridized carbons (Fsp3) is 0.417. The number of ether oxygens (including phenoxy) is 1. The average Bonchev–Trinajstić information content (AvgIpc) is 2.29. The minimum Gasteiger partial charge on any atom is -0.491 e. The zero-order chi connectivity index (χ0) is 13.7. The molecule has 100 valence electrons. The molecular formula is C12H15BrClNO3. The van der Waals surface area contributed by atoms with Gasteiger partial charge in [-0.25, -0.2) is 4.79 Å². The maximum absolute atomic E-state index is 11.0. The lowest BCUT2D eigenvalue weighted by atomic mass is 10.2. The second kappa shape index (κ2) is 6.85. The number of anilines is 1. The van der Waals surface area contributed by atoms with Crippen LogP contribution < -0.4 is 10.1 Å². The number of carbonyl (C=O) groups is 1. The maximum atomic E-state index is 11.0. The van der Waals surface area contributed by atoms with Gasteiger partial charge in [0.2, 0.25) is 0 Å². The smallest absolute Gasteiger partial charge is 0.326 e. The number of carboxylic acids is 1. The van der Waals surface area contributed by atoms with Gasteiger partial charge in [-0.2, -0.15) is 0 Å². The van der Waals surface area contributed by atoms with Crippen molar-refractivity contribution in [1.82, 2.24) is 0 Å². The minimum absolute atomic E-state index is 0.463. The fourth-order valence-corrected chi connectivity index (χ4v) is 2.41. The lowest BCUT2D eigenvalue weighted by molar-refractivity contribution is -0.137. The third-order valence-electron chi connectivity index (χ3n) is 2.33. The van der Waals surface area contributed by atoms with Gasteiger partial charge >= 0.3 is 5.97 Å². The Morgan fingerprint density at radius 1 is 1.56 bits per heavy atom. The molecule has 0 spiro atoms. The summed E-state index contributed by atoms with van der Waals surface area (Å²) in [5.74, 6) is -0.336. The maximum Gasteiger partial charge on any atom is 0.326 e. The molecule has 0 radical (unpaired) electrons. The number of hydrogen-bond acceptors (Lipinski definition) is 3. The van der Waals surface area contributed by atoms with Crippen LogP contribution in [0.3, 0.4) is 0 Å². The van der Waals surface area contributed by atoms with Gasteiger partial charge in [-0.3, -0.25) is 0 Å². The molecule has 2 N–H and O–H groups in total. The van der Waals surface area contributed by atoms with Crippen LogP contribution in [0.2, 0.25) is 5.02 Å². The average molecular weight is 337 g/mol. The molecule has 0 saturated heterocycles. The summed E-state index contributed by atoms with van der Waals surface area (Å²) in [5.41, 5.74) is 0.575. The van der Waals surface area contributed by atoms with Gasteiger partial charge in [-0.15, -0.1) is 0 Å². The summed E-state index contributed by atoms with van der Waals surface area (Å²) in [6.45, 7) is 4.14. The van der Waals surface area contributed by atoms with E-state index in [0.29, 0.717) is 34.0 Å². The predicted molar refractivity (Wildman–Crippen MR) is 75.7 cm³/mol. The summed E-state index contributed by atoms with van der Waals surface area (Å²) < 4.78 is 6.18. The van der Waals surface area contributed by atoms with Crippen molar-refractivity contribution >= 4 is 39.2 Å². The molecule has 1 aromatic carbocycles. The first-order chi connectivity index (χ1) is 8.49. The van der Waals surface area contributed by atoms with Crippen molar-refractivity contribution in [3.63, 3.8) is 0 Å². The Hall–Kier alpha value is -0.940. The standard InChI is InChI=1S/C12H15BrClNO3/c1-3-9(12(16)17)15-10-6-7(14)5-8(13)11(10)18-4-2/h5-6,9,15H,3-4H2,1-2H3,(H,16,17). The molecule has 1 rings (SSSR count). The molecule has 0 heterocycles. The number of halogens is 2. The van der Waals surface area contributed by atoms with E-state index in [2.05, 4.69) is 21.2 Å². The molecule has 0 aromatic heterocycles. The SMILES string of the molecule is CCOc1c(Br)cc(Cl)cc1NC(CC)C(=O)O. The van der Waals surface area contributed by atoms with E-state index in [-0.39, 0.29) is 0 Å². The first-order valence-electron chi connectivity index (χ1n) is 5.60. The van der Waals surface area contributed by atoms with Crippen LogP contribution in [0, 0.1) is 0 Å². The molecule has 0 bridgehead atoms. The van der Waals surface area contributed by atoms with Crippen LogP contribution in [0.25, 0.3) is 0 Å². The van der Waals surface area contributed by atoms with E-state index in [9.17, 15) is 4.79 Å². The molecule has 0 fully saturated rings. The normalized spacial score (nSPS) is 12.0. The minimum atomic E-state index is -0.906. The third kappa shape index (κ3) is 3.78. The Kier molecular flexibility index (Phi) is 5.75. The number of carboxylic acid groups (broad SMARTS) is 1. The summed E-state index contributed by atoms with van der Waals surface area (Å²) in [5, 5.41) is 12.5. The van der Waals surface area contributed by atoms with Gasteiger partial charge in [0.05, 0.1) is 16.8 Å². The van der Waals surface area contributed by atoms with Crippen LogP contribution in [0.15, 0.2) is 16.6 Å². The van der Waals surface area contributed by atoms with Gasteiger partial charge in [0, 0.05) is 5.02 Å². The predicted octanol–water partition coefficient (Wildman–Crippen LogP) is 3.78. The number of benzene rings is 1. The molecule has 1 unspecified atom stereocenters. The van der Waals surface area contributed by atoms with Gasteiger partial charge in [0.1, 0.15) is 6.04 Å². The van der Waals surface area contributed by atoms with Crippen LogP contribution in [-0.4, -0.2) is 23.7 Å². The number of rotatable bonds is 6. The molecule has 1 atom stereocenters. The highest BCUT2D eigenvalue weighted by atomic mass is 79.9. The second-order valence-corrected chi connectivity index (χ2v) is 4.93. The molecule has 1 aromatic rings. The van der Waals surface area contributed by atoms with Crippen molar-refractivity contribution in [2.24, 2.45) is 0 Å². The number of hydrogen-bond donors (Lipinski definition) is 2. The van der Waals surface area contributed by atoms with E-state index in [4.69, 9.17) is 21.4 Å².